The van der Waals surface area contributed by atoms with Gasteiger partial charge in [0.05, 0.1) is 31.0 Å². The van der Waals surface area contributed by atoms with Crippen LogP contribution >= 0.6 is 11.3 Å². The molecule has 0 aliphatic rings. The largest absolute Gasteiger partial charge is 0.497 e. The van der Waals surface area contributed by atoms with Crippen LogP contribution in [0.5, 0.6) is 11.5 Å². The lowest BCUT2D eigenvalue weighted by Gasteiger charge is -2.18. The van der Waals surface area contributed by atoms with Crippen LogP contribution in [0.3, 0.4) is 0 Å². The van der Waals surface area contributed by atoms with E-state index in [0.717, 1.165) is 21.2 Å². The number of hydrogen-bond donors (Lipinski definition) is 0. The van der Waals surface area contributed by atoms with E-state index in [9.17, 15) is 4.79 Å². The highest BCUT2D eigenvalue weighted by atomic mass is 32.1. The van der Waals surface area contributed by atoms with Crippen molar-refractivity contribution < 1.29 is 18.7 Å². The van der Waals surface area contributed by atoms with E-state index in [4.69, 9.17) is 18.9 Å². The molecule has 160 valence electrons. The molecule has 2 aromatic carbocycles. The zero-order valence-electron chi connectivity index (χ0n) is 17.4. The van der Waals surface area contributed by atoms with Gasteiger partial charge in [0, 0.05) is 23.8 Å². The number of methoxy groups -OCH3 is 2. The van der Waals surface area contributed by atoms with Gasteiger partial charge in [0.2, 0.25) is 0 Å². The molecule has 0 radical (unpaired) electrons. The maximum absolute atomic E-state index is 13.6. The highest BCUT2D eigenvalue weighted by Gasteiger charge is 2.25. The van der Waals surface area contributed by atoms with Crippen LogP contribution < -0.4 is 14.4 Å². The van der Waals surface area contributed by atoms with E-state index in [2.05, 4.69) is 4.98 Å². The molecule has 5 aromatic rings. The standard InChI is InChI=1S/C24H19N3O4S/c1-29-17-8-9-21-18(12-17)26-24(32-21)27(14-15-5-4-10-25-13-15)23(28)20-11-16-6-3-7-19(30-2)22(16)31-20/h3-13H,14H2,1-2H3. The van der Waals surface area contributed by atoms with Crippen molar-refractivity contribution in [2.24, 2.45) is 0 Å². The fourth-order valence-corrected chi connectivity index (χ4v) is 4.42. The molecule has 0 saturated carbocycles. The molecule has 32 heavy (non-hydrogen) atoms. The van der Waals surface area contributed by atoms with Gasteiger partial charge in [-0.3, -0.25) is 14.7 Å². The molecular formula is C24H19N3O4S. The third kappa shape index (κ3) is 3.65. The molecule has 0 atom stereocenters. The van der Waals surface area contributed by atoms with E-state index in [0.29, 0.717) is 28.8 Å². The fourth-order valence-electron chi connectivity index (χ4n) is 3.47. The second-order valence-corrected chi connectivity index (χ2v) is 8.08. The number of fused-ring (bicyclic) bond motifs is 2. The number of carbonyl (C=O) groups is 1. The second kappa shape index (κ2) is 8.32. The summed E-state index contributed by atoms with van der Waals surface area (Å²) in [6.07, 6.45) is 3.43. The van der Waals surface area contributed by atoms with Gasteiger partial charge in [0.1, 0.15) is 5.75 Å². The van der Waals surface area contributed by atoms with Gasteiger partial charge in [-0.2, -0.15) is 0 Å². The van der Waals surface area contributed by atoms with Crippen molar-refractivity contribution >= 4 is 43.6 Å². The van der Waals surface area contributed by atoms with Crippen LogP contribution in [-0.4, -0.2) is 30.1 Å². The average Bonchev–Trinajstić information content (AvgIpc) is 3.46. The van der Waals surface area contributed by atoms with Crippen LogP contribution in [0, 0.1) is 0 Å². The number of benzene rings is 2. The number of amides is 1. The van der Waals surface area contributed by atoms with Gasteiger partial charge >= 0.3 is 0 Å². The summed E-state index contributed by atoms with van der Waals surface area (Å²) in [5.41, 5.74) is 2.18. The van der Waals surface area contributed by atoms with Crippen LogP contribution in [0.15, 0.2) is 71.4 Å². The lowest BCUT2D eigenvalue weighted by atomic mass is 10.2. The first-order valence-electron chi connectivity index (χ1n) is 9.88. The molecule has 7 nitrogen and oxygen atoms in total. The Kier molecular flexibility index (Phi) is 5.20. The summed E-state index contributed by atoms with van der Waals surface area (Å²) in [4.78, 5) is 24.1. The number of anilines is 1. The minimum atomic E-state index is -0.293. The molecule has 3 aromatic heterocycles. The molecule has 0 N–H and O–H groups in total. The Labute approximate surface area is 187 Å². The maximum atomic E-state index is 13.6. The zero-order valence-corrected chi connectivity index (χ0v) is 18.3. The summed E-state index contributed by atoms with van der Waals surface area (Å²) in [5, 5.41) is 1.36. The Bertz CT molecular complexity index is 1410. The van der Waals surface area contributed by atoms with Crippen molar-refractivity contribution in [2.45, 2.75) is 6.54 Å². The van der Waals surface area contributed by atoms with Crippen LogP contribution in [0.4, 0.5) is 5.13 Å². The van der Waals surface area contributed by atoms with Crippen molar-refractivity contribution in [3.63, 3.8) is 0 Å². The van der Waals surface area contributed by atoms with Crippen molar-refractivity contribution in [3.8, 4) is 11.5 Å². The number of aromatic nitrogens is 2. The number of pyridine rings is 1. The van der Waals surface area contributed by atoms with Gasteiger partial charge < -0.3 is 13.9 Å². The molecule has 5 rings (SSSR count). The summed E-state index contributed by atoms with van der Waals surface area (Å²) >= 11 is 1.43. The summed E-state index contributed by atoms with van der Waals surface area (Å²) in [5.74, 6) is 1.21. The molecule has 3 heterocycles. The van der Waals surface area contributed by atoms with Gasteiger partial charge in [0.25, 0.3) is 5.91 Å². The number of para-hydroxylation sites is 1. The lowest BCUT2D eigenvalue weighted by molar-refractivity contribution is 0.0960. The molecule has 0 bridgehead atoms. The van der Waals surface area contributed by atoms with Crippen molar-refractivity contribution in [3.05, 3.63) is 78.3 Å². The summed E-state index contributed by atoms with van der Waals surface area (Å²) in [7, 11) is 3.19. The normalized spacial score (nSPS) is 11.1. The highest BCUT2D eigenvalue weighted by Crippen LogP contribution is 2.34. The van der Waals surface area contributed by atoms with Gasteiger partial charge in [-0.1, -0.05) is 29.5 Å². The molecule has 8 heteroatoms. The van der Waals surface area contributed by atoms with Crippen molar-refractivity contribution in [1.29, 1.82) is 0 Å². The van der Waals surface area contributed by atoms with Crippen molar-refractivity contribution in [2.75, 3.05) is 19.1 Å². The Balaban J connectivity index is 1.59. The van der Waals surface area contributed by atoms with Gasteiger partial charge in [0.15, 0.2) is 22.2 Å². The van der Waals surface area contributed by atoms with E-state index in [1.54, 1.807) is 43.6 Å². The first kappa shape index (κ1) is 20.0. The van der Waals surface area contributed by atoms with Gasteiger partial charge in [-0.15, -0.1) is 0 Å². The lowest BCUT2D eigenvalue weighted by Crippen LogP contribution is -2.30. The number of carbonyl (C=O) groups excluding carboxylic acids is 1. The Morgan fingerprint density at radius 3 is 2.78 bits per heavy atom. The number of furan rings is 1. The van der Waals surface area contributed by atoms with Crippen LogP contribution in [-0.2, 0) is 6.54 Å². The van der Waals surface area contributed by atoms with Crippen LogP contribution in [0.25, 0.3) is 21.2 Å². The Morgan fingerprint density at radius 2 is 2.00 bits per heavy atom. The second-order valence-electron chi connectivity index (χ2n) is 7.07. The number of rotatable bonds is 6. The van der Waals surface area contributed by atoms with Crippen molar-refractivity contribution in [1.82, 2.24) is 9.97 Å². The third-order valence-electron chi connectivity index (χ3n) is 5.06. The molecule has 0 fully saturated rings. The van der Waals surface area contributed by atoms with E-state index < -0.39 is 0 Å². The first-order valence-corrected chi connectivity index (χ1v) is 10.7. The number of hydrogen-bond acceptors (Lipinski definition) is 7. The van der Waals surface area contributed by atoms with Gasteiger partial charge in [-0.05, 0) is 35.9 Å². The third-order valence-corrected chi connectivity index (χ3v) is 6.12. The summed E-state index contributed by atoms with van der Waals surface area (Å²) in [6, 6.07) is 16.7. The minimum absolute atomic E-state index is 0.213. The summed E-state index contributed by atoms with van der Waals surface area (Å²) < 4.78 is 17.6. The molecule has 0 unspecified atom stereocenters. The quantitative estimate of drug-likeness (QED) is 0.353. The average molecular weight is 446 g/mol. The monoisotopic (exact) mass is 445 g/mol. The zero-order chi connectivity index (χ0) is 22.1. The van der Waals surface area contributed by atoms with E-state index in [-0.39, 0.29) is 11.7 Å². The van der Waals surface area contributed by atoms with E-state index >= 15 is 0 Å². The smallest absolute Gasteiger partial charge is 0.296 e. The van der Waals surface area contributed by atoms with Crippen LogP contribution in [0.2, 0.25) is 0 Å². The maximum Gasteiger partial charge on any atom is 0.296 e. The van der Waals surface area contributed by atoms with E-state index in [1.807, 2.05) is 42.5 Å². The molecule has 1 amide bonds. The summed E-state index contributed by atoms with van der Waals surface area (Å²) in [6.45, 7) is 0.303. The molecule has 0 saturated heterocycles. The highest BCUT2D eigenvalue weighted by molar-refractivity contribution is 7.22. The van der Waals surface area contributed by atoms with E-state index in [1.165, 1.54) is 11.3 Å². The molecule has 0 aliphatic heterocycles. The SMILES string of the molecule is COc1ccc2sc(N(Cc3cccnc3)C(=O)c3cc4cccc(OC)c4o3)nc2c1. The minimum Gasteiger partial charge on any atom is -0.497 e. The number of nitrogens with zero attached hydrogens (tertiary/aromatic N) is 3. The van der Waals surface area contributed by atoms with Crippen LogP contribution in [0.1, 0.15) is 16.1 Å². The fraction of sp³-hybridized carbons (Fsp3) is 0.125. The topological polar surface area (TPSA) is 77.7 Å². The predicted molar refractivity (Wildman–Crippen MR) is 124 cm³/mol. The number of thiazole rings is 1. The molecular weight excluding hydrogens is 426 g/mol. The predicted octanol–water partition coefficient (Wildman–Crippen LogP) is 5.30. The Morgan fingerprint density at radius 1 is 1.09 bits per heavy atom. The molecule has 0 spiro atoms. The van der Waals surface area contributed by atoms with Gasteiger partial charge in [-0.25, -0.2) is 4.98 Å². The number of ether oxygens (including phenoxy) is 2. The molecule has 0 aliphatic carbocycles. The first-order chi connectivity index (χ1) is 15.7. The Hall–Kier alpha value is -3.91.